The summed E-state index contributed by atoms with van der Waals surface area (Å²) in [5.41, 5.74) is 13.1. The lowest BCUT2D eigenvalue weighted by molar-refractivity contribution is -0.124. The van der Waals surface area contributed by atoms with Crippen molar-refractivity contribution in [3.63, 3.8) is 0 Å². The van der Waals surface area contributed by atoms with Gasteiger partial charge in [0.15, 0.2) is 0 Å². The van der Waals surface area contributed by atoms with Crippen LogP contribution >= 0.6 is 22.9 Å². The summed E-state index contributed by atoms with van der Waals surface area (Å²) in [5, 5.41) is 9.12. The van der Waals surface area contributed by atoms with Crippen LogP contribution in [0.3, 0.4) is 0 Å². The van der Waals surface area contributed by atoms with Crippen LogP contribution in [0.2, 0.25) is 5.02 Å². The Balaban J connectivity index is 1.33. The fourth-order valence-corrected chi connectivity index (χ4v) is 6.56. The van der Waals surface area contributed by atoms with E-state index in [4.69, 9.17) is 17.3 Å². The lowest BCUT2D eigenvalue weighted by Crippen LogP contribution is -2.40. The van der Waals surface area contributed by atoms with Gasteiger partial charge in [0.25, 0.3) is 0 Å². The fraction of sp³-hybridized carbons (Fsp3) is 0.346. The molecule has 0 spiro atoms. The molecule has 3 heterocycles. The third-order valence-corrected chi connectivity index (χ3v) is 8.34. The minimum absolute atomic E-state index is 0.0393. The van der Waals surface area contributed by atoms with E-state index < -0.39 is 6.61 Å². The molecule has 2 aliphatic rings. The van der Waals surface area contributed by atoms with Crippen LogP contribution in [0, 0.1) is 5.92 Å². The van der Waals surface area contributed by atoms with Crippen molar-refractivity contribution < 1.29 is 18.3 Å². The molecule has 1 aliphatic heterocycles. The molecule has 0 saturated heterocycles. The summed E-state index contributed by atoms with van der Waals surface area (Å²) in [6.45, 7) is -0.344. The zero-order chi connectivity index (χ0) is 26.8. The van der Waals surface area contributed by atoms with Gasteiger partial charge in [-0.15, -0.1) is 11.3 Å². The minimum atomic E-state index is -2.93. The molecule has 12 heteroatoms. The van der Waals surface area contributed by atoms with Crippen LogP contribution in [0.5, 0.6) is 5.88 Å². The average Bonchev–Trinajstić information content (AvgIpc) is 3.57. The number of pyridine rings is 1. The van der Waals surface area contributed by atoms with E-state index >= 15 is 0 Å². The Bertz CT molecular complexity index is 1350. The maximum Gasteiger partial charge on any atom is 0.388 e. The Morgan fingerprint density at radius 3 is 2.84 bits per heavy atom. The number of hydrogen-bond donors (Lipinski definition) is 3. The standard InChI is InChI=1S/C26H27ClF2N6O2S/c1-14-33-34-22(11-30)35(14)25-19(8-16-4-2-3-5-20(16)27)18-9-17(10-21(18)38-25)24(36)32-13-15-6-7-23(31-12-15)37-26(28)29/h2-7,12,14,17,26,33H,8-11,13,30H2,1H3,(H,32,36). The molecule has 2 atom stereocenters. The smallest absolute Gasteiger partial charge is 0.388 e. The monoisotopic (exact) mass is 560 g/mol. The number of alkyl halides is 2. The van der Waals surface area contributed by atoms with Crippen molar-refractivity contribution in [1.82, 2.24) is 15.7 Å². The number of hydrazone groups is 1. The number of nitrogens with zero attached hydrogens (tertiary/aromatic N) is 3. The van der Waals surface area contributed by atoms with E-state index in [0.29, 0.717) is 36.4 Å². The van der Waals surface area contributed by atoms with Gasteiger partial charge in [-0.3, -0.25) is 15.1 Å². The number of amides is 1. The number of nitrogens with one attached hydrogen (secondary N) is 2. The Labute approximate surface area is 227 Å². The zero-order valence-corrected chi connectivity index (χ0v) is 22.2. The van der Waals surface area contributed by atoms with Gasteiger partial charge in [-0.05, 0) is 48.1 Å². The quantitative estimate of drug-likeness (QED) is 0.365. The van der Waals surface area contributed by atoms with E-state index in [2.05, 4.69) is 30.5 Å². The number of fused-ring (bicyclic) bond motifs is 1. The number of ether oxygens (including phenoxy) is 1. The highest BCUT2D eigenvalue weighted by Gasteiger charge is 2.36. The summed E-state index contributed by atoms with van der Waals surface area (Å²) in [5.74, 6) is 0.335. The van der Waals surface area contributed by atoms with Gasteiger partial charge in [-0.1, -0.05) is 35.9 Å². The van der Waals surface area contributed by atoms with Crippen molar-refractivity contribution in [2.24, 2.45) is 16.8 Å². The number of hydrogen-bond acceptors (Lipinski definition) is 8. The Hall–Kier alpha value is -3.28. The maximum absolute atomic E-state index is 13.1. The fourth-order valence-electron chi connectivity index (χ4n) is 4.83. The first-order valence-electron chi connectivity index (χ1n) is 12.2. The van der Waals surface area contributed by atoms with Crippen molar-refractivity contribution >= 4 is 39.7 Å². The number of carbonyl (C=O) groups excluding carboxylic acids is 1. The third-order valence-electron chi connectivity index (χ3n) is 6.68. The first kappa shape index (κ1) is 26.3. The first-order chi connectivity index (χ1) is 18.3. The summed E-state index contributed by atoms with van der Waals surface area (Å²) in [4.78, 5) is 20.2. The van der Waals surface area contributed by atoms with Gasteiger partial charge in [0.2, 0.25) is 11.8 Å². The van der Waals surface area contributed by atoms with Crippen LogP contribution in [0.15, 0.2) is 47.7 Å². The van der Waals surface area contributed by atoms with Crippen LogP contribution in [0.1, 0.15) is 34.1 Å². The van der Waals surface area contributed by atoms with E-state index in [9.17, 15) is 13.6 Å². The molecule has 200 valence electrons. The Morgan fingerprint density at radius 2 is 2.13 bits per heavy atom. The van der Waals surface area contributed by atoms with Crippen molar-refractivity contribution in [3.8, 4) is 5.88 Å². The summed E-state index contributed by atoms with van der Waals surface area (Å²) in [6.07, 6.45) is 3.25. The number of halogens is 3. The first-order valence-corrected chi connectivity index (χ1v) is 13.4. The summed E-state index contributed by atoms with van der Waals surface area (Å²) >= 11 is 8.20. The van der Waals surface area contributed by atoms with Crippen LogP contribution in [-0.4, -0.2) is 36.0 Å². The van der Waals surface area contributed by atoms with Crippen molar-refractivity contribution in [1.29, 1.82) is 0 Å². The van der Waals surface area contributed by atoms with Gasteiger partial charge < -0.3 is 15.8 Å². The predicted octanol–water partition coefficient (Wildman–Crippen LogP) is 4.05. The zero-order valence-electron chi connectivity index (χ0n) is 20.6. The molecule has 8 nitrogen and oxygen atoms in total. The van der Waals surface area contributed by atoms with E-state index in [0.717, 1.165) is 22.0 Å². The van der Waals surface area contributed by atoms with Gasteiger partial charge in [-0.25, -0.2) is 4.98 Å². The second-order valence-corrected chi connectivity index (χ2v) is 10.7. The molecular formula is C26H27ClF2N6O2S. The van der Waals surface area contributed by atoms with Crippen LogP contribution < -0.4 is 26.1 Å². The van der Waals surface area contributed by atoms with Gasteiger partial charge in [0.1, 0.15) is 17.0 Å². The lowest BCUT2D eigenvalue weighted by atomic mass is 9.99. The van der Waals surface area contributed by atoms with Gasteiger partial charge in [0.05, 0.1) is 6.54 Å². The van der Waals surface area contributed by atoms with Gasteiger partial charge in [-0.2, -0.15) is 13.9 Å². The van der Waals surface area contributed by atoms with Crippen LogP contribution in [-0.2, 0) is 30.6 Å². The second-order valence-electron chi connectivity index (χ2n) is 9.17. The highest BCUT2D eigenvalue weighted by Crippen LogP contribution is 2.45. The molecule has 0 radical (unpaired) electrons. The number of aromatic nitrogens is 1. The molecule has 4 N–H and O–H groups in total. The Morgan fingerprint density at radius 1 is 1.32 bits per heavy atom. The number of benzene rings is 1. The SMILES string of the molecule is CC1NN=C(CN)N1c1sc2c(c1Cc1ccccc1Cl)CC(C(=O)NCc1ccc(OC(F)F)nc1)C2. The molecule has 1 aromatic carbocycles. The summed E-state index contributed by atoms with van der Waals surface area (Å²) < 4.78 is 28.9. The molecule has 5 rings (SSSR count). The summed E-state index contributed by atoms with van der Waals surface area (Å²) in [7, 11) is 0. The second kappa shape index (κ2) is 11.2. The van der Waals surface area contributed by atoms with Gasteiger partial charge in [0, 0.05) is 41.0 Å². The molecule has 0 fully saturated rings. The normalized spacial score (nSPS) is 18.4. The largest absolute Gasteiger partial charge is 0.417 e. The molecule has 2 aromatic heterocycles. The molecule has 0 saturated carbocycles. The van der Waals surface area contributed by atoms with Gasteiger partial charge >= 0.3 is 6.61 Å². The van der Waals surface area contributed by atoms with Crippen molar-refractivity contribution in [2.75, 3.05) is 11.4 Å². The molecule has 0 bridgehead atoms. The molecule has 38 heavy (non-hydrogen) atoms. The topological polar surface area (TPSA) is 105 Å². The number of nitrogens with two attached hydrogens (primary N) is 1. The average molecular weight is 561 g/mol. The number of anilines is 1. The minimum Gasteiger partial charge on any atom is -0.417 e. The lowest BCUT2D eigenvalue weighted by Gasteiger charge is -2.25. The molecule has 2 unspecified atom stereocenters. The molecular weight excluding hydrogens is 534 g/mol. The third kappa shape index (κ3) is 5.45. The number of carbonyl (C=O) groups is 1. The number of amidine groups is 1. The number of thiophene rings is 1. The highest BCUT2D eigenvalue weighted by atomic mass is 35.5. The van der Waals surface area contributed by atoms with Crippen LogP contribution in [0.4, 0.5) is 13.8 Å². The number of rotatable bonds is 9. The van der Waals surface area contributed by atoms with E-state index in [1.165, 1.54) is 22.7 Å². The Kier molecular flexibility index (Phi) is 7.78. The summed E-state index contributed by atoms with van der Waals surface area (Å²) in [6, 6.07) is 10.7. The maximum atomic E-state index is 13.1. The van der Waals surface area contributed by atoms with E-state index in [1.54, 1.807) is 17.4 Å². The van der Waals surface area contributed by atoms with E-state index in [-0.39, 0.29) is 30.4 Å². The molecule has 1 aliphatic carbocycles. The predicted molar refractivity (Wildman–Crippen MR) is 144 cm³/mol. The van der Waals surface area contributed by atoms with Crippen LogP contribution in [0.25, 0.3) is 0 Å². The van der Waals surface area contributed by atoms with Crippen molar-refractivity contribution in [2.45, 2.75) is 45.5 Å². The van der Waals surface area contributed by atoms with E-state index in [1.807, 2.05) is 31.2 Å². The highest BCUT2D eigenvalue weighted by molar-refractivity contribution is 7.16. The molecule has 3 aromatic rings. The van der Waals surface area contributed by atoms with Crippen molar-refractivity contribution in [3.05, 3.63) is 74.7 Å². The molecule has 1 amide bonds.